The van der Waals surface area contributed by atoms with Crippen LogP contribution in [0.25, 0.3) is 0 Å². The summed E-state index contributed by atoms with van der Waals surface area (Å²) in [6, 6.07) is 25.5. The highest BCUT2D eigenvalue weighted by Crippen LogP contribution is 2.44. The molecule has 204 valence electrons. The van der Waals surface area contributed by atoms with E-state index in [4.69, 9.17) is 19.6 Å². The molecule has 1 heterocycles. The Morgan fingerprint density at radius 2 is 1.79 bits per heavy atom. The minimum Gasteiger partial charge on any atom is -0.494 e. The first-order chi connectivity index (χ1) is 19.1. The first-order valence-electron chi connectivity index (χ1n) is 13.4. The summed E-state index contributed by atoms with van der Waals surface area (Å²) in [5, 5.41) is 12.1. The van der Waals surface area contributed by atoms with Crippen LogP contribution in [0.4, 0.5) is 0 Å². The predicted molar refractivity (Wildman–Crippen MR) is 158 cm³/mol. The molecule has 39 heavy (non-hydrogen) atoms. The quantitative estimate of drug-likeness (QED) is 0.173. The Morgan fingerprint density at radius 1 is 1.05 bits per heavy atom. The predicted octanol–water partition coefficient (Wildman–Crippen LogP) is 6.18. The SMILES string of the molecule is C=CC[C@@]1(C(=O)NCCCCc2ccccc2)N=C(c2ccc(OCCCO)cc2)O[C@@H]1c1ccccc1Br. The van der Waals surface area contributed by atoms with E-state index >= 15 is 0 Å². The largest absolute Gasteiger partial charge is 0.494 e. The van der Waals surface area contributed by atoms with Gasteiger partial charge in [-0.3, -0.25) is 4.79 Å². The van der Waals surface area contributed by atoms with E-state index in [1.54, 1.807) is 6.08 Å². The van der Waals surface area contributed by atoms with Crippen molar-refractivity contribution in [2.24, 2.45) is 4.99 Å². The lowest BCUT2D eigenvalue weighted by atomic mass is 9.84. The van der Waals surface area contributed by atoms with Crippen LogP contribution < -0.4 is 10.1 Å². The average molecular weight is 592 g/mol. The van der Waals surface area contributed by atoms with Crippen LogP contribution in [-0.4, -0.2) is 42.2 Å². The third kappa shape index (κ3) is 7.16. The summed E-state index contributed by atoms with van der Waals surface area (Å²) in [5.74, 6) is 0.916. The Hall–Kier alpha value is -3.42. The molecule has 0 unspecified atom stereocenters. The molecule has 3 aromatic rings. The van der Waals surface area contributed by atoms with E-state index in [0.29, 0.717) is 37.6 Å². The lowest BCUT2D eigenvalue weighted by molar-refractivity contribution is -0.128. The summed E-state index contributed by atoms with van der Waals surface area (Å²) >= 11 is 3.65. The number of carbonyl (C=O) groups is 1. The smallest absolute Gasteiger partial charge is 0.252 e. The van der Waals surface area contributed by atoms with E-state index in [9.17, 15) is 4.79 Å². The van der Waals surface area contributed by atoms with Crippen molar-refractivity contribution < 1.29 is 19.4 Å². The topological polar surface area (TPSA) is 80.2 Å². The second-order valence-corrected chi connectivity index (χ2v) is 10.4. The summed E-state index contributed by atoms with van der Waals surface area (Å²) in [4.78, 5) is 18.8. The van der Waals surface area contributed by atoms with Crippen LogP contribution in [0.2, 0.25) is 0 Å². The average Bonchev–Trinajstić information content (AvgIpc) is 3.34. The lowest BCUT2D eigenvalue weighted by Crippen LogP contribution is -2.48. The molecule has 2 atom stereocenters. The van der Waals surface area contributed by atoms with Crippen molar-refractivity contribution in [2.75, 3.05) is 19.8 Å². The number of hydrogen-bond acceptors (Lipinski definition) is 5. The first kappa shape index (κ1) is 28.6. The molecular formula is C32H35BrN2O4. The van der Waals surface area contributed by atoms with Gasteiger partial charge in [-0.2, -0.15) is 0 Å². The molecule has 0 radical (unpaired) electrons. The molecule has 4 rings (SSSR count). The van der Waals surface area contributed by atoms with Gasteiger partial charge in [-0.15, -0.1) is 6.58 Å². The molecule has 3 aromatic carbocycles. The number of unbranched alkanes of at least 4 members (excludes halogenated alkanes) is 1. The summed E-state index contributed by atoms with van der Waals surface area (Å²) in [6.07, 6.45) is 4.79. The van der Waals surface area contributed by atoms with Crippen LogP contribution in [0, 0.1) is 0 Å². The van der Waals surface area contributed by atoms with Gasteiger partial charge in [0.1, 0.15) is 5.75 Å². The summed E-state index contributed by atoms with van der Waals surface area (Å²) in [6.45, 7) is 5.01. The first-order valence-corrected chi connectivity index (χ1v) is 14.1. The second-order valence-electron chi connectivity index (χ2n) is 9.50. The van der Waals surface area contributed by atoms with Crippen LogP contribution in [-0.2, 0) is 16.0 Å². The highest BCUT2D eigenvalue weighted by Gasteiger charge is 2.52. The summed E-state index contributed by atoms with van der Waals surface area (Å²) < 4.78 is 13.0. The van der Waals surface area contributed by atoms with Crippen molar-refractivity contribution in [3.05, 3.63) is 113 Å². The highest BCUT2D eigenvalue weighted by atomic mass is 79.9. The molecule has 7 heteroatoms. The fraction of sp³-hybridized carbons (Fsp3) is 0.312. The number of aliphatic hydroxyl groups is 1. The van der Waals surface area contributed by atoms with Gasteiger partial charge in [-0.25, -0.2) is 4.99 Å². The van der Waals surface area contributed by atoms with Crippen molar-refractivity contribution in [1.29, 1.82) is 0 Å². The normalized spacial score (nSPS) is 18.2. The van der Waals surface area contributed by atoms with Gasteiger partial charge < -0.3 is 19.9 Å². The Balaban J connectivity index is 1.54. The molecule has 0 saturated carbocycles. The Bertz CT molecular complexity index is 1260. The van der Waals surface area contributed by atoms with E-state index in [1.807, 2.05) is 66.7 Å². The molecule has 0 aliphatic carbocycles. The summed E-state index contributed by atoms with van der Waals surface area (Å²) in [5.41, 5.74) is 1.70. The number of halogens is 1. The zero-order valence-electron chi connectivity index (χ0n) is 22.0. The summed E-state index contributed by atoms with van der Waals surface area (Å²) in [7, 11) is 0. The number of amides is 1. The molecule has 0 aromatic heterocycles. The van der Waals surface area contributed by atoms with Gasteiger partial charge in [0.2, 0.25) is 5.90 Å². The van der Waals surface area contributed by atoms with Crippen molar-refractivity contribution in [1.82, 2.24) is 5.32 Å². The van der Waals surface area contributed by atoms with E-state index in [1.165, 1.54) is 5.56 Å². The van der Waals surface area contributed by atoms with Gasteiger partial charge in [-0.05, 0) is 55.2 Å². The number of aryl methyl sites for hydroxylation is 1. The van der Waals surface area contributed by atoms with Crippen LogP contribution in [0.1, 0.15) is 48.5 Å². The molecule has 2 N–H and O–H groups in total. The molecule has 1 aliphatic heterocycles. The fourth-order valence-corrected chi connectivity index (χ4v) is 5.15. The van der Waals surface area contributed by atoms with E-state index in [-0.39, 0.29) is 12.5 Å². The van der Waals surface area contributed by atoms with Crippen molar-refractivity contribution >= 4 is 27.7 Å². The Morgan fingerprint density at radius 3 is 2.51 bits per heavy atom. The number of carbonyl (C=O) groups excluding carboxylic acids is 1. The molecule has 1 amide bonds. The van der Waals surface area contributed by atoms with E-state index < -0.39 is 11.6 Å². The van der Waals surface area contributed by atoms with Crippen LogP contribution >= 0.6 is 15.9 Å². The van der Waals surface area contributed by atoms with E-state index in [2.05, 4.69) is 40.0 Å². The maximum absolute atomic E-state index is 13.9. The number of nitrogens with one attached hydrogen (secondary N) is 1. The number of hydrogen-bond donors (Lipinski definition) is 2. The van der Waals surface area contributed by atoms with Crippen molar-refractivity contribution in [3.63, 3.8) is 0 Å². The standard InChI is InChI=1S/C32H35BrN2O4/c1-2-20-32(31(37)34-21-9-8-13-24-11-4-3-5-12-24)29(27-14-6-7-15-28(27)33)39-30(35-32)25-16-18-26(19-17-25)38-23-10-22-36/h2-7,11-12,14-19,29,36H,1,8-10,13,20-23H2,(H,34,37)/t29-,32-/m1/s1. The second kappa shape index (κ2) is 14.1. The van der Waals surface area contributed by atoms with Gasteiger partial charge in [0.05, 0.1) is 6.61 Å². The van der Waals surface area contributed by atoms with Crippen LogP contribution in [0.15, 0.2) is 101 Å². The van der Waals surface area contributed by atoms with Gasteiger partial charge in [0.25, 0.3) is 5.91 Å². The molecule has 1 aliphatic rings. The molecule has 0 spiro atoms. The Labute approximate surface area is 238 Å². The van der Waals surface area contributed by atoms with Gasteiger partial charge in [-0.1, -0.05) is 70.5 Å². The van der Waals surface area contributed by atoms with Crippen molar-refractivity contribution in [2.45, 2.75) is 43.7 Å². The van der Waals surface area contributed by atoms with Gasteiger partial charge in [0, 0.05) is 41.6 Å². The zero-order chi connectivity index (χ0) is 27.5. The minimum absolute atomic E-state index is 0.0830. The number of aliphatic hydroxyl groups excluding tert-OH is 1. The maximum atomic E-state index is 13.9. The van der Waals surface area contributed by atoms with Crippen LogP contribution in [0.3, 0.4) is 0 Å². The molecular weight excluding hydrogens is 556 g/mol. The van der Waals surface area contributed by atoms with Crippen LogP contribution in [0.5, 0.6) is 5.75 Å². The highest BCUT2D eigenvalue weighted by molar-refractivity contribution is 9.10. The maximum Gasteiger partial charge on any atom is 0.252 e. The third-order valence-corrected chi connectivity index (χ3v) is 7.42. The fourth-order valence-electron chi connectivity index (χ4n) is 4.65. The van der Waals surface area contributed by atoms with Crippen molar-refractivity contribution in [3.8, 4) is 5.75 Å². The number of rotatable bonds is 14. The minimum atomic E-state index is -1.20. The number of ether oxygens (including phenoxy) is 2. The monoisotopic (exact) mass is 590 g/mol. The molecule has 0 saturated heterocycles. The lowest BCUT2D eigenvalue weighted by Gasteiger charge is -2.30. The third-order valence-electron chi connectivity index (χ3n) is 6.69. The number of nitrogens with zero attached hydrogens (tertiary/aromatic N) is 1. The molecule has 6 nitrogen and oxygen atoms in total. The zero-order valence-corrected chi connectivity index (χ0v) is 23.6. The molecule has 0 fully saturated rings. The van der Waals surface area contributed by atoms with Gasteiger partial charge >= 0.3 is 0 Å². The van der Waals surface area contributed by atoms with E-state index in [0.717, 1.165) is 34.9 Å². The Kier molecular flexibility index (Phi) is 10.3. The van der Waals surface area contributed by atoms with Gasteiger partial charge in [0.15, 0.2) is 11.6 Å². The number of aliphatic imine (C=N–C) groups is 1. The molecule has 0 bridgehead atoms. The number of benzene rings is 3.